The maximum atomic E-state index is 11.8. The quantitative estimate of drug-likeness (QED) is 0.653. The highest BCUT2D eigenvalue weighted by Gasteiger charge is 2.17. The van der Waals surface area contributed by atoms with E-state index in [4.69, 9.17) is 0 Å². The minimum atomic E-state index is 0.179. The largest absolute Gasteiger partial charge is 0.356 e. The van der Waals surface area contributed by atoms with E-state index in [0.717, 1.165) is 25.4 Å². The van der Waals surface area contributed by atoms with Gasteiger partial charge in [-0.25, -0.2) is 0 Å². The number of aryl methyl sites for hydroxylation is 1. The van der Waals surface area contributed by atoms with Crippen LogP contribution in [0.1, 0.15) is 63.4 Å². The average Bonchev–Trinajstić information content (AvgIpc) is 2.64. The van der Waals surface area contributed by atoms with Gasteiger partial charge in [-0.2, -0.15) is 0 Å². The van der Waals surface area contributed by atoms with Gasteiger partial charge in [0.15, 0.2) is 0 Å². The summed E-state index contributed by atoms with van der Waals surface area (Å²) in [5.41, 5.74) is 1.23. The molecule has 0 atom stereocenters. The summed E-state index contributed by atoms with van der Waals surface area (Å²) < 4.78 is 0. The normalized spacial score (nSPS) is 15.6. The zero-order valence-electron chi connectivity index (χ0n) is 15.3. The number of hydrogen-bond acceptors (Lipinski definition) is 2. The fourth-order valence-electron chi connectivity index (χ4n) is 3.59. The van der Waals surface area contributed by atoms with Gasteiger partial charge in [-0.05, 0) is 51.3 Å². The summed E-state index contributed by atoms with van der Waals surface area (Å²) in [7, 11) is 2.28. The summed E-state index contributed by atoms with van der Waals surface area (Å²) in [6.45, 7) is 2.02. The van der Waals surface area contributed by atoms with Crippen LogP contribution in [0, 0.1) is 0 Å². The second-order valence-corrected chi connectivity index (χ2v) is 7.17. The maximum Gasteiger partial charge on any atom is 0.220 e. The van der Waals surface area contributed by atoms with Gasteiger partial charge in [0.25, 0.3) is 0 Å². The summed E-state index contributed by atoms with van der Waals surface area (Å²) >= 11 is 0. The lowest BCUT2D eigenvalue weighted by Gasteiger charge is -2.31. The molecule has 0 bridgehead atoms. The van der Waals surface area contributed by atoms with Crippen molar-refractivity contribution in [3.63, 3.8) is 0 Å². The predicted molar refractivity (Wildman–Crippen MR) is 101 cm³/mol. The smallest absolute Gasteiger partial charge is 0.220 e. The van der Waals surface area contributed by atoms with Gasteiger partial charge in [0, 0.05) is 19.0 Å². The van der Waals surface area contributed by atoms with E-state index >= 15 is 0 Å². The van der Waals surface area contributed by atoms with Crippen molar-refractivity contribution in [1.29, 1.82) is 0 Å². The van der Waals surface area contributed by atoms with Gasteiger partial charge < -0.3 is 10.2 Å². The standard InChI is InChI=1S/C21H34N2O/c1-23(20-13-7-3-8-14-20)18-10-4-9-17-22-21(24)16-15-19-11-5-2-6-12-19/h2,5-6,11-12,20H,3-4,7-10,13-18H2,1H3,(H,22,24). The first-order valence-corrected chi connectivity index (χ1v) is 9.76. The molecule has 134 valence electrons. The Morgan fingerprint density at radius 3 is 2.58 bits per heavy atom. The number of hydrogen-bond donors (Lipinski definition) is 1. The minimum absolute atomic E-state index is 0.179. The molecule has 1 aliphatic rings. The third-order valence-corrected chi connectivity index (χ3v) is 5.19. The van der Waals surface area contributed by atoms with Gasteiger partial charge in [0.05, 0.1) is 0 Å². The van der Waals surface area contributed by atoms with Crippen molar-refractivity contribution in [3.05, 3.63) is 35.9 Å². The first-order chi connectivity index (χ1) is 11.8. The molecule has 1 saturated carbocycles. The SMILES string of the molecule is CN(CCCCCNC(=O)CCc1ccccc1)C1CCCCC1. The molecule has 0 saturated heterocycles. The first kappa shape index (κ1) is 19.0. The van der Waals surface area contributed by atoms with Crippen LogP contribution in [0.2, 0.25) is 0 Å². The van der Waals surface area contributed by atoms with E-state index in [-0.39, 0.29) is 5.91 Å². The Morgan fingerprint density at radius 2 is 1.83 bits per heavy atom. The van der Waals surface area contributed by atoms with Gasteiger partial charge in [-0.15, -0.1) is 0 Å². The lowest BCUT2D eigenvalue weighted by Crippen LogP contribution is -2.34. The van der Waals surface area contributed by atoms with Crippen LogP contribution in [-0.4, -0.2) is 37.0 Å². The van der Waals surface area contributed by atoms with Gasteiger partial charge in [0.2, 0.25) is 5.91 Å². The Bertz CT molecular complexity index is 454. The Balaban J connectivity index is 1.45. The summed E-state index contributed by atoms with van der Waals surface area (Å²) in [6, 6.07) is 11.0. The lowest BCUT2D eigenvalue weighted by atomic mass is 9.94. The zero-order chi connectivity index (χ0) is 17.0. The fraction of sp³-hybridized carbons (Fsp3) is 0.667. The number of carbonyl (C=O) groups excluding carboxylic acids is 1. The number of benzene rings is 1. The van der Waals surface area contributed by atoms with Crippen LogP contribution in [0.5, 0.6) is 0 Å². The molecule has 3 nitrogen and oxygen atoms in total. The molecule has 1 aromatic rings. The van der Waals surface area contributed by atoms with Crippen LogP contribution < -0.4 is 5.32 Å². The highest BCUT2D eigenvalue weighted by Crippen LogP contribution is 2.21. The van der Waals surface area contributed by atoms with Gasteiger partial charge in [-0.1, -0.05) is 56.0 Å². The minimum Gasteiger partial charge on any atom is -0.356 e. The molecule has 3 heteroatoms. The molecule has 1 fully saturated rings. The summed E-state index contributed by atoms with van der Waals surface area (Å²) in [5.74, 6) is 0.179. The van der Waals surface area contributed by atoms with Gasteiger partial charge in [-0.3, -0.25) is 4.79 Å². The van der Waals surface area contributed by atoms with Crippen molar-refractivity contribution in [2.75, 3.05) is 20.1 Å². The molecule has 2 rings (SSSR count). The fourth-order valence-corrected chi connectivity index (χ4v) is 3.59. The molecule has 0 spiro atoms. The molecule has 24 heavy (non-hydrogen) atoms. The van der Waals surface area contributed by atoms with Crippen molar-refractivity contribution < 1.29 is 4.79 Å². The van der Waals surface area contributed by atoms with Crippen molar-refractivity contribution >= 4 is 5.91 Å². The molecule has 1 aliphatic carbocycles. The Labute approximate surface area is 147 Å². The topological polar surface area (TPSA) is 32.3 Å². The van der Waals surface area contributed by atoms with E-state index in [2.05, 4.69) is 29.4 Å². The molecule has 1 amide bonds. The number of carbonyl (C=O) groups is 1. The zero-order valence-corrected chi connectivity index (χ0v) is 15.3. The second kappa shape index (κ2) is 11.2. The maximum absolute atomic E-state index is 11.8. The van der Waals surface area contributed by atoms with E-state index in [1.807, 2.05) is 18.2 Å². The summed E-state index contributed by atoms with van der Waals surface area (Å²) in [6.07, 6.45) is 12.0. The Morgan fingerprint density at radius 1 is 1.08 bits per heavy atom. The molecule has 0 radical (unpaired) electrons. The third-order valence-electron chi connectivity index (χ3n) is 5.19. The van der Waals surface area contributed by atoms with Crippen LogP contribution in [0.25, 0.3) is 0 Å². The second-order valence-electron chi connectivity index (χ2n) is 7.17. The average molecular weight is 331 g/mol. The molecule has 1 aromatic carbocycles. The van der Waals surface area contributed by atoms with E-state index in [9.17, 15) is 4.79 Å². The highest BCUT2D eigenvalue weighted by atomic mass is 16.1. The van der Waals surface area contributed by atoms with Gasteiger partial charge >= 0.3 is 0 Å². The highest BCUT2D eigenvalue weighted by molar-refractivity contribution is 5.76. The van der Waals surface area contributed by atoms with E-state index in [1.54, 1.807) is 0 Å². The van der Waals surface area contributed by atoms with Crippen molar-refractivity contribution in [2.45, 2.75) is 70.3 Å². The molecule has 0 heterocycles. The van der Waals surface area contributed by atoms with Crippen LogP contribution >= 0.6 is 0 Å². The summed E-state index contributed by atoms with van der Waals surface area (Å²) in [4.78, 5) is 14.4. The monoisotopic (exact) mass is 330 g/mol. The lowest BCUT2D eigenvalue weighted by molar-refractivity contribution is -0.121. The van der Waals surface area contributed by atoms with E-state index < -0.39 is 0 Å². The molecule has 0 aliphatic heterocycles. The Kier molecular flexibility index (Phi) is 8.90. The van der Waals surface area contributed by atoms with Crippen LogP contribution in [-0.2, 0) is 11.2 Å². The molecular weight excluding hydrogens is 296 g/mol. The van der Waals surface area contributed by atoms with Crippen LogP contribution in [0.15, 0.2) is 30.3 Å². The van der Waals surface area contributed by atoms with Crippen LogP contribution in [0.4, 0.5) is 0 Å². The van der Waals surface area contributed by atoms with Crippen molar-refractivity contribution in [2.24, 2.45) is 0 Å². The van der Waals surface area contributed by atoms with E-state index in [1.165, 1.54) is 57.1 Å². The van der Waals surface area contributed by atoms with Crippen molar-refractivity contribution in [3.8, 4) is 0 Å². The summed E-state index contributed by atoms with van der Waals surface area (Å²) in [5, 5.41) is 3.05. The molecule has 1 N–H and O–H groups in total. The first-order valence-electron chi connectivity index (χ1n) is 9.76. The molecule has 0 aromatic heterocycles. The number of rotatable bonds is 10. The molecule has 0 unspecified atom stereocenters. The number of unbranched alkanes of at least 4 members (excludes halogenated alkanes) is 2. The number of amides is 1. The Hall–Kier alpha value is -1.35. The van der Waals surface area contributed by atoms with Gasteiger partial charge in [0.1, 0.15) is 0 Å². The van der Waals surface area contributed by atoms with E-state index in [0.29, 0.717) is 6.42 Å². The van der Waals surface area contributed by atoms with Crippen LogP contribution in [0.3, 0.4) is 0 Å². The number of nitrogens with zero attached hydrogens (tertiary/aromatic N) is 1. The number of nitrogens with one attached hydrogen (secondary N) is 1. The third kappa shape index (κ3) is 7.48. The molecular formula is C21H34N2O. The van der Waals surface area contributed by atoms with Crippen molar-refractivity contribution in [1.82, 2.24) is 10.2 Å². The predicted octanol–water partition coefficient (Wildman–Crippen LogP) is 4.17.